The molecule has 4 rings (SSSR count). The molecular weight excluding hydrogens is 291 g/mol. The van der Waals surface area contributed by atoms with E-state index in [4.69, 9.17) is 0 Å². The third-order valence-corrected chi connectivity index (χ3v) is 4.34. The fourth-order valence-corrected chi connectivity index (χ4v) is 3.13. The molecule has 0 amide bonds. The van der Waals surface area contributed by atoms with Crippen molar-refractivity contribution in [2.24, 2.45) is 0 Å². The minimum Gasteiger partial charge on any atom is -0.348 e. The van der Waals surface area contributed by atoms with Crippen LogP contribution in [0.5, 0.6) is 0 Å². The van der Waals surface area contributed by atoms with Gasteiger partial charge in [0.1, 0.15) is 12.1 Å². The summed E-state index contributed by atoms with van der Waals surface area (Å²) in [6, 6.07) is 15.3. The Bertz CT molecular complexity index is 825. The van der Waals surface area contributed by atoms with E-state index in [1.807, 2.05) is 10.7 Å². The zero-order valence-corrected chi connectivity index (χ0v) is 12.8. The van der Waals surface area contributed by atoms with E-state index in [1.165, 1.54) is 23.5 Å². The molecule has 0 spiro atoms. The maximum Gasteiger partial charge on any atom is 0.222 e. The van der Waals surface area contributed by atoms with E-state index in [0.717, 1.165) is 17.9 Å². The van der Waals surface area contributed by atoms with Crippen LogP contribution in [-0.4, -0.2) is 14.8 Å². The fourth-order valence-electron chi connectivity index (χ4n) is 3.13. The number of anilines is 1. The topological polar surface area (TPSA) is 42.7 Å². The first-order chi connectivity index (χ1) is 11.2. The van der Waals surface area contributed by atoms with Gasteiger partial charge in [-0.3, -0.25) is 0 Å². The summed E-state index contributed by atoms with van der Waals surface area (Å²) in [6.45, 7) is 2.07. The quantitative estimate of drug-likeness (QED) is 0.781. The van der Waals surface area contributed by atoms with Crippen LogP contribution >= 0.6 is 0 Å². The van der Waals surface area contributed by atoms with Crippen molar-refractivity contribution in [1.82, 2.24) is 14.8 Å². The molecule has 0 radical (unpaired) electrons. The van der Waals surface area contributed by atoms with Crippen LogP contribution in [0.2, 0.25) is 0 Å². The molecule has 1 aliphatic rings. The normalized spacial score (nSPS) is 19.9. The lowest BCUT2D eigenvalue weighted by molar-refractivity contribution is 0.429. The molecule has 4 nitrogen and oxygen atoms in total. The van der Waals surface area contributed by atoms with Crippen LogP contribution < -0.4 is 5.32 Å². The largest absolute Gasteiger partial charge is 0.348 e. The molecule has 1 aliphatic heterocycles. The molecule has 3 aromatic rings. The summed E-state index contributed by atoms with van der Waals surface area (Å²) >= 11 is 0. The van der Waals surface area contributed by atoms with Gasteiger partial charge in [-0.25, -0.2) is 9.07 Å². The average Bonchev–Trinajstić information content (AvgIpc) is 3.03. The lowest BCUT2D eigenvalue weighted by Gasteiger charge is -2.31. The fraction of sp³-hybridized carbons (Fsp3) is 0.222. The van der Waals surface area contributed by atoms with Gasteiger partial charge in [0.2, 0.25) is 5.95 Å². The van der Waals surface area contributed by atoms with Crippen LogP contribution in [0.4, 0.5) is 10.3 Å². The first-order valence-electron chi connectivity index (χ1n) is 7.69. The van der Waals surface area contributed by atoms with E-state index >= 15 is 0 Å². The smallest absolute Gasteiger partial charge is 0.222 e. The van der Waals surface area contributed by atoms with Crippen molar-refractivity contribution in [3.05, 3.63) is 77.4 Å². The van der Waals surface area contributed by atoms with Gasteiger partial charge in [-0.1, -0.05) is 42.0 Å². The SMILES string of the molecule is Cc1ccc([C@@H]2C[C@@H](c3cccc(F)c3)n3ncnc3N2)cc1. The lowest BCUT2D eigenvalue weighted by Crippen LogP contribution is -2.28. The Kier molecular flexibility index (Phi) is 3.33. The molecule has 5 heteroatoms. The number of hydrogen-bond acceptors (Lipinski definition) is 3. The first kappa shape index (κ1) is 13.9. The second-order valence-corrected chi connectivity index (χ2v) is 5.94. The van der Waals surface area contributed by atoms with E-state index < -0.39 is 0 Å². The van der Waals surface area contributed by atoms with Crippen LogP contribution in [0.25, 0.3) is 0 Å². The molecule has 0 bridgehead atoms. The molecule has 0 aliphatic carbocycles. The van der Waals surface area contributed by atoms with Crippen LogP contribution in [-0.2, 0) is 0 Å². The van der Waals surface area contributed by atoms with Gasteiger partial charge in [0.15, 0.2) is 0 Å². The molecule has 1 N–H and O–H groups in total. The lowest BCUT2D eigenvalue weighted by atomic mass is 9.93. The number of nitrogens with zero attached hydrogens (tertiary/aromatic N) is 3. The number of hydrogen-bond donors (Lipinski definition) is 1. The summed E-state index contributed by atoms with van der Waals surface area (Å²) in [5.74, 6) is 0.491. The van der Waals surface area contributed by atoms with E-state index in [0.29, 0.717) is 0 Å². The van der Waals surface area contributed by atoms with Crippen molar-refractivity contribution >= 4 is 5.95 Å². The van der Waals surface area contributed by atoms with Crippen molar-refractivity contribution in [3.8, 4) is 0 Å². The number of nitrogens with one attached hydrogen (secondary N) is 1. The maximum absolute atomic E-state index is 13.6. The zero-order valence-electron chi connectivity index (χ0n) is 12.8. The highest BCUT2D eigenvalue weighted by Gasteiger charge is 2.29. The molecule has 0 saturated carbocycles. The highest BCUT2D eigenvalue weighted by atomic mass is 19.1. The average molecular weight is 308 g/mol. The third-order valence-electron chi connectivity index (χ3n) is 4.34. The summed E-state index contributed by atoms with van der Waals surface area (Å²) in [4.78, 5) is 4.30. The maximum atomic E-state index is 13.6. The van der Waals surface area contributed by atoms with E-state index in [-0.39, 0.29) is 17.9 Å². The van der Waals surface area contributed by atoms with Crippen molar-refractivity contribution in [2.75, 3.05) is 5.32 Å². The van der Waals surface area contributed by atoms with E-state index in [2.05, 4.69) is 46.6 Å². The van der Waals surface area contributed by atoms with Crippen LogP contribution in [0, 0.1) is 12.7 Å². The van der Waals surface area contributed by atoms with Crippen molar-refractivity contribution in [1.29, 1.82) is 0 Å². The summed E-state index contributed by atoms with van der Waals surface area (Å²) in [5, 5.41) is 7.73. The zero-order chi connectivity index (χ0) is 15.8. The number of rotatable bonds is 2. The molecule has 116 valence electrons. The second-order valence-electron chi connectivity index (χ2n) is 5.94. The Morgan fingerprint density at radius 2 is 1.96 bits per heavy atom. The molecular formula is C18H17FN4. The molecule has 2 atom stereocenters. The van der Waals surface area contributed by atoms with Gasteiger partial charge in [0, 0.05) is 0 Å². The molecule has 1 aromatic heterocycles. The Balaban J connectivity index is 1.73. The number of halogens is 1. The molecule has 0 unspecified atom stereocenters. The summed E-state index contributed by atoms with van der Waals surface area (Å²) < 4.78 is 15.5. The monoisotopic (exact) mass is 308 g/mol. The highest BCUT2D eigenvalue weighted by Crippen LogP contribution is 2.37. The molecule has 0 fully saturated rings. The van der Waals surface area contributed by atoms with Gasteiger partial charge in [-0.2, -0.15) is 10.1 Å². The van der Waals surface area contributed by atoms with E-state index in [1.54, 1.807) is 12.1 Å². The second kappa shape index (κ2) is 5.50. The molecule has 2 aromatic carbocycles. The standard InChI is InChI=1S/C18H17FN4/c1-12-5-7-13(8-6-12)16-10-17(14-3-2-4-15(19)9-14)23-18(22-16)20-11-21-23/h2-9,11,16-17H,10H2,1H3,(H,20,21,22)/t16-,17-/m0/s1. The van der Waals surface area contributed by atoms with E-state index in [9.17, 15) is 4.39 Å². The van der Waals surface area contributed by atoms with Gasteiger partial charge >= 0.3 is 0 Å². The Hall–Kier alpha value is -2.69. The number of benzene rings is 2. The number of aryl methyl sites for hydroxylation is 1. The minimum absolute atomic E-state index is 0.0317. The highest BCUT2D eigenvalue weighted by molar-refractivity contribution is 5.38. The van der Waals surface area contributed by atoms with Crippen LogP contribution in [0.15, 0.2) is 54.9 Å². The van der Waals surface area contributed by atoms with Gasteiger partial charge < -0.3 is 5.32 Å². The summed E-state index contributed by atoms with van der Waals surface area (Å²) in [6.07, 6.45) is 2.33. The Morgan fingerprint density at radius 1 is 1.13 bits per heavy atom. The van der Waals surface area contributed by atoms with Gasteiger partial charge in [0.05, 0.1) is 12.1 Å². The number of aromatic nitrogens is 3. The van der Waals surface area contributed by atoms with Crippen molar-refractivity contribution in [2.45, 2.75) is 25.4 Å². The summed E-state index contributed by atoms with van der Waals surface area (Å²) in [7, 11) is 0. The van der Waals surface area contributed by atoms with Crippen LogP contribution in [0.3, 0.4) is 0 Å². The van der Waals surface area contributed by atoms with Crippen molar-refractivity contribution < 1.29 is 4.39 Å². The van der Waals surface area contributed by atoms with Gasteiger partial charge in [-0.05, 0) is 36.6 Å². The number of fused-ring (bicyclic) bond motifs is 1. The first-order valence-corrected chi connectivity index (χ1v) is 7.69. The minimum atomic E-state index is -0.227. The van der Waals surface area contributed by atoms with Crippen molar-refractivity contribution in [3.63, 3.8) is 0 Å². The molecule has 2 heterocycles. The molecule has 23 heavy (non-hydrogen) atoms. The summed E-state index contributed by atoms with van der Waals surface area (Å²) in [5.41, 5.74) is 3.34. The molecule has 0 saturated heterocycles. The predicted octanol–water partition coefficient (Wildman–Crippen LogP) is 3.87. The predicted molar refractivity (Wildman–Crippen MR) is 86.7 cm³/mol. The Labute approximate surface area is 134 Å². The Morgan fingerprint density at radius 3 is 2.74 bits per heavy atom. The van der Waals surface area contributed by atoms with Crippen LogP contribution in [0.1, 0.15) is 35.2 Å². The van der Waals surface area contributed by atoms with Gasteiger partial charge in [0.25, 0.3) is 0 Å². The van der Waals surface area contributed by atoms with Gasteiger partial charge in [-0.15, -0.1) is 0 Å². The third kappa shape index (κ3) is 2.59.